The van der Waals surface area contributed by atoms with E-state index in [1.807, 2.05) is 24.5 Å². The summed E-state index contributed by atoms with van der Waals surface area (Å²) in [5.41, 5.74) is 4.59. The average Bonchev–Trinajstić information content (AvgIpc) is 2.96. The standard InChI is InChI=1S/C35H49ClN2O/c1-5-6-7-8-9-10-11-15-29-24-37-35(38-25-29)32-18-16-30(17-19-32)31-20-22-33(23-21-31)39-26-34(36)28(4)14-12-13-27(2)3/h16-25,27-28,34H,5-15,26H2,1-4H3. The number of aryl methyl sites for hydroxylation is 1. The second kappa shape index (κ2) is 17.3. The summed E-state index contributed by atoms with van der Waals surface area (Å²) < 4.78 is 6.00. The lowest BCUT2D eigenvalue weighted by Gasteiger charge is -2.19. The first-order valence-electron chi connectivity index (χ1n) is 15.2. The summed E-state index contributed by atoms with van der Waals surface area (Å²) in [5, 5.41) is 0.0287. The van der Waals surface area contributed by atoms with Gasteiger partial charge in [-0.25, -0.2) is 9.97 Å². The first-order chi connectivity index (χ1) is 19.0. The van der Waals surface area contributed by atoms with Gasteiger partial charge in [0.05, 0.1) is 5.38 Å². The topological polar surface area (TPSA) is 35.0 Å². The summed E-state index contributed by atoms with van der Waals surface area (Å²) in [5.74, 6) is 2.85. The molecule has 0 N–H and O–H groups in total. The molecule has 0 radical (unpaired) electrons. The molecule has 0 amide bonds. The van der Waals surface area contributed by atoms with Crippen LogP contribution in [-0.2, 0) is 6.42 Å². The summed E-state index contributed by atoms with van der Waals surface area (Å²) in [7, 11) is 0. The zero-order valence-electron chi connectivity index (χ0n) is 24.7. The minimum Gasteiger partial charge on any atom is -0.492 e. The number of hydrogen-bond donors (Lipinski definition) is 0. The molecule has 0 aliphatic heterocycles. The summed E-state index contributed by atoms with van der Waals surface area (Å²) in [6.07, 6.45) is 18.0. The van der Waals surface area contributed by atoms with Crippen LogP contribution in [0.3, 0.4) is 0 Å². The molecule has 39 heavy (non-hydrogen) atoms. The van der Waals surface area contributed by atoms with E-state index in [-0.39, 0.29) is 5.38 Å². The van der Waals surface area contributed by atoms with Crippen molar-refractivity contribution in [1.29, 1.82) is 0 Å². The molecule has 0 bridgehead atoms. The predicted octanol–water partition coefficient (Wildman–Crippen LogP) is 10.6. The molecule has 2 unspecified atom stereocenters. The first-order valence-corrected chi connectivity index (χ1v) is 15.7. The Labute approximate surface area is 242 Å². The molecule has 0 aliphatic carbocycles. The van der Waals surface area contributed by atoms with Gasteiger partial charge in [0.25, 0.3) is 0 Å². The van der Waals surface area contributed by atoms with Crippen molar-refractivity contribution in [2.75, 3.05) is 6.61 Å². The largest absolute Gasteiger partial charge is 0.492 e. The van der Waals surface area contributed by atoms with Crippen molar-refractivity contribution in [2.45, 2.75) is 104 Å². The molecule has 0 saturated heterocycles. The van der Waals surface area contributed by atoms with E-state index in [2.05, 4.69) is 74.1 Å². The highest BCUT2D eigenvalue weighted by Crippen LogP contribution is 2.26. The fraction of sp³-hybridized carbons (Fsp3) is 0.543. The summed E-state index contributed by atoms with van der Waals surface area (Å²) >= 11 is 6.61. The molecule has 4 heteroatoms. The number of benzene rings is 2. The Morgan fingerprint density at radius 1 is 0.692 bits per heavy atom. The van der Waals surface area contributed by atoms with Gasteiger partial charge in [0.2, 0.25) is 0 Å². The maximum atomic E-state index is 6.61. The molecule has 3 nitrogen and oxygen atoms in total. The maximum absolute atomic E-state index is 6.61. The Kier molecular flexibility index (Phi) is 13.8. The van der Waals surface area contributed by atoms with Crippen LogP contribution < -0.4 is 4.74 Å². The van der Waals surface area contributed by atoms with E-state index in [9.17, 15) is 0 Å². The van der Waals surface area contributed by atoms with Gasteiger partial charge in [-0.15, -0.1) is 11.6 Å². The van der Waals surface area contributed by atoms with Crippen LogP contribution >= 0.6 is 11.6 Å². The van der Waals surface area contributed by atoms with Gasteiger partial charge in [0.15, 0.2) is 5.82 Å². The zero-order chi connectivity index (χ0) is 27.9. The second-order valence-corrected chi connectivity index (χ2v) is 12.1. The molecule has 3 rings (SSSR count). The van der Waals surface area contributed by atoms with Crippen LogP contribution in [0.5, 0.6) is 5.75 Å². The fourth-order valence-corrected chi connectivity index (χ4v) is 5.03. The summed E-state index contributed by atoms with van der Waals surface area (Å²) in [6, 6.07) is 16.7. The Hall–Kier alpha value is -2.39. The van der Waals surface area contributed by atoms with Crippen molar-refractivity contribution in [2.24, 2.45) is 11.8 Å². The van der Waals surface area contributed by atoms with Crippen molar-refractivity contribution in [1.82, 2.24) is 9.97 Å². The Morgan fingerprint density at radius 3 is 1.87 bits per heavy atom. The highest BCUT2D eigenvalue weighted by atomic mass is 35.5. The van der Waals surface area contributed by atoms with Crippen molar-refractivity contribution in [3.8, 4) is 28.3 Å². The van der Waals surface area contributed by atoms with Gasteiger partial charge < -0.3 is 4.74 Å². The SMILES string of the molecule is CCCCCCCCCc1cnc(-c2ccc(-c3ccc(OCC(Cl)C(C)CCCC(C)C)cc3)cc2)nc1. The maximum Gasteiger partial charge on any atom is 0.159 e. The Morgan fingerprint density at radius 2 is 1.26 bits per heavy atom. The van der Waals surface area contributed by atoms with Crippen LogP contribution in [-0.4, -0.2) is 22.0 Å². The van der Waals surface area contributed by atoms with Crippen molar-refractivity contribution in [3.63, 3.8) is 0 Å². The quantitative estimate of drug-likeness (QED) is 0.117. The lowest BCUT2D eigenvalue weighted by atomic mass is 9.97. The number of alkyl halides is 1. The van der Waals surface area contributed by atoms with Gasteiger partial charge in [-0.1, -0.05) is 115 Å². The fourth-order valence-electron chi connectivity index (χ4n) is 4.84. The molecular weight excluding hydrogens is 500 g/mol. The lowest BCUT2D eigenvalue weighted by molar-refractivity contribution is 0.280. The van der Waals surface area contributed by atoms with Gasteiger partial charge in [0, 0.05) is 18.0 Å². The van der Waals surface area contributed by atoms with Gasteiger partial charge in [-0.3, -0.25) is 0 Å². The van der Waals surface area contributed by atoms with E-state index in [0.29, 0.717) is 12.5 Å². The third-order valence-electron chi connectivity index (χ3n) is 7.57. The molecule has 0 spiro atoms. The molecule has 0 saturated carbocycles. The van der Waals surface area contributed by atoms with Gasteiger partial charge >= 0.3 is 0 Å². The second-order valence-electron chi connectivity index (χ2n) is 11.5. The Bertz CT molecular complexity index is 1050. The van der Waals surface area contributed by atoms with Crippen molar-refractivity contribution < 1.29 is 4.74 Å². The van der Waals surface area contributed by atoms with E-state index >= 15 is 0 Å². The van der Waals surface area contributed by atoms with Crippen LogP contribution in [0.1, 0.15) is 97.5 Å². The third-order valence-corrected chi connectivity index (χ3v) is 8.13. The van der Waals surface area contributed by atoms with Gasteiger partial charge in [0.1, 0.15) is 12.4 Å². The van der Waals surface area contributed by atoms with E-state index in [1.54, 1.807) is 0 Å². The van der Waals surface area contributed by atoms with E-state index in [4.69, 9.17) is 16.3 Å². The number of aromatic nitrogens is 2. The van der Waals surface area contributed by atoms with Crippen LogP contribution in [0, 0.1) is 11.8 Å². The number of unbranched alkanes of at least 4 members (excludes halogenated alkanes) is 6. The average molecular weight is 549 g/mol. The normalized spacial score (nSPS) is 13.0. The molecule has 3 aromatic rings. The summed E-state index contributed by atoms with van der Waals surface area (Å²) in [6.45, 7) is 9.58. The molecule has 0 fully saturated rings. The van der Waals surface area contributed by atoms with Crippen LogP contribution in [0.25, 0.3) is 22.5 Å². The molecule has 2 aromatic carbocycles. The van der Waals surface area contributed by atoms with Gasteiger partial charge in [-0.05, 0) is 59.9 Å². The van der Waals surface area contributed by atoms with Crippen LogP contribution in [0.15, 0.2) is 60.9 Å². The third kappa shape index (κ3) is 11.3. The highest BCUT2D eigenvalue weighted by molar-refractivity contribution is 6.20. The number of nitrogens with zero attached hydrogens (tertiary/aromatic N) is 2. The number of ether oxygens (including phenoxy) is 1. The molecule has 1 aromatic heterocycles. The number of hydrogen-bond acceptors (Lipinski definition) is 3. The molecular formula is C35H49ClN2O. The molecule has 0 aliphatic rings. The van der Waals surface area contributed by atoms with Gasteiger partial charge in [-0.2, -0.15) is 0 Å². The van der Waals surface area contributed by atoms with Crippen molar-refractivity contribution >= 4 is 11.6 Å². The van der Waals surface area contributed by atoms with Crippen LogP contribution in [0.4, 0.5) is 0 Å². The van der Waals surface area contributed by atoms with E-state index in [0.717, 1.165) is 47.0 Å². The first kappa shape index (κ1) is 31.1. The summed E-state index contributed by atoms with van der Waals surface area (Å²) in [4.78, 5) is 9.27. The predicted molar refractivity (Wildman–Crippen MR) is 168 cm³/mol. The smallest absolute Gasteiger partial charge is 0.159 e. The minimum absolute atomic E-state index is 0.0287. The highest BCUT2D eigenvalue weighted by Gasteiger charge is 2.15. The number of rotatable bonds is 18. The molecule has 212 valence electrons. The van der Waals surface area contributed by atoms with E-state index in [1.165, 1.54) is 63.4 Å². The van der Waals surface area contributed by atoms with Crippen LogP contribution in [0.2, 0.25) is 0 Å². The van der Waals surface area contributed by atoms with Crippen molar-refractivity contribution in [3.05, 3.63) is 66.5 Å². The molecule has 2 atom stereocenters. The Balaban J connectivity index is 1.44. The lowest BCUT2D eigenvalue weighted by Crippen LogP contribution is -2.20. The van der Waals surface area contributed by atoms with E-state index < -0.39 is 0 Å². The molecule has 1 heterocycles. The number of halogens is 1. The monoisotopic (exact) mass is 548 g/mol. The minimum atomic E-state index is 0.0287. The zero-order valence-corrected chi connectivity index (χ0v) is 25.4.